The summed E-state index contributed by atoms with van der Waals surface area (Å²) in [7, 11) is 0. The van der Waals surface area contributed by atoms with Crippen molar-refractivity contribution in [3.63, 3.8) is 0 Å². The molecule has 1 atom stereocenters. The number of rotatable bonds is 13. The summed E-state index contributed by atoms with van der Waals surface area (Å²) in [6.45, 7) is 9.53. The molecule has 0 unspecified atom stereocenters. The number of unbranched alkanes of at least 4 members (excludes halogenated alkanes) is 2. The summed E-state index contributed by atoms with van der Waals surface area (Å²) in [6.07, 6.45) is 5.18. The zero-order chi connectivity index (χ0) is 26.9. The van der Waals surface area contributed by atoms with Gasteiger partial charge in [-0.15, -0.1) is 0 Å². The van der Waals surface area contributed by atoms with Gasteiger partial charge in [0.2, 0.25) is 0 Å². The van der Waals surface area contributed by atoms with Gasteiger partial charge in [0.1, 0.15) is 5.76 Å². The fraction of sp³-hybridized carbons (Fsp3) is 0.448. The van der Waals surface area contributed by atoms with Crippen molar-refractivity contribution in [2.75, 3.05) is 26.2 Å². The van der Waals surface area contributed by atoms with E-state index in [1.54, 1.807) is 4.90 Å². The van der Waals surface area contributed by atoms with Crippen molar-refractivity contribution in [1.82, 2.24) is 9.80 Å². The van der Waals surface area contributed by atoms with E-state index in [1.165, 1.54) is 24.3 Å². The molecule has 1 fully saturated rings. The van der Waals surface area contributed by atoms with Crippen molar-refractivity contribution in [1.29, 1.82) is 0 Å². The minimum Gasteiger partial charge on any atom is -0.507 e. The maximum atomic E-state index is 13.2. The topological polar surface area (TPSA) is 104 Å². The summed E-state index contributed by atoms with van der Waals surface area (Å²) in [4.78, 5) is 40.9. The van der Waals surface area contributed by atoms with Gasteiger partial charge in [0.15, 0.2) is 0 Å². The van der Waals surface area contributed by atoms with Crippen LogP contribution in [0.25, 0.3) is 5.76 Å². The van der Waals surface area contributed by atoms with Crippen LogP contribution in [-0.4, -0.2) is 57.7 Å². The molecule has 1 saturated heterocycles. The largest absolute Gasteiger partial charge is 0.507 e. The number of ketones is 1. The number of nitro benzene ring substituents is 1. The number of nitrogens with zero attached hydrogens (tertiary/aromatic N) is 3. The molecule has 2 aromatic carbocycles. The van der Waals surface area contributed by atoms with Crippen LogP contribution in [0.15, 0.2) is 54.1 Å². The lowest BCUT2D eigenvalue weighted by Crippen LogP contribution is -2.34. The number of aryl methyl sites for hydroxylation is 1. The Labute approximate surface area is 218 Å². The lowest BCUT2D eigenvalue weighted by atomic mass is 9.94. The Hall–Kier alpha value is -3.52. The number of carbonyl (C=O) groups is 2. The van der Waals surface area contributed by atoms with Gasteiger partial charge in [-0.3, -0.25) is 19.7 Å². The van der Waals surface area contributed by atoms with Crippen LogP contribution >= 0.6 is 0 Å². The van der Waals surface area contributed by atoms with Gasteiger partial charge in [-0.25, -0.2) is 0 Å². The van der Waals surface area contributed by atoms with E-state index in [0.717, 1.165) is 56.4 Å². The first-order valence-electron chi connectivity index (χ1n) is 13.1. The van der Waals surface area contributed by atoms with E-state index in [0.29, 0.717) is 13.0 Å². The predicted octanol–water partition coefficient (Wildman–Crippen LogP) is 5.62. The Balaban J connectivity index is 1.92. The third-order valence-corrected chi connectivity index (χ3v) is 6.81. The zero-order valence-corrected chi connectivity index (χ0v) is 22.0. The SMILES string of the molecule is CCCCN(CCCC)CCCN1C(=O)C(=O)C(=C(O)c2ccc([N+](=O)[O-])cc2)[C@@H]1c1ccc(C)cc1. The molecule has 0 aromatic heterocycles. The number of likely N-dealkylation sites (tertiary alicyclic amines) is 1. The molecule has 1 amide bonds. The standard InChI is InChI=1S/C29H37N3O5/c1-4-6-17-30(18-7-5-2)19-8-20-31-26(22-11-9-21(3)10-12-22)25(28(34)29(31)35)27(33)23-13-15-24(16-14-23)32(36)37/h9-16,26,33H,4-8,17-20H2,1-3H3/t26-/m0/s1. The van der Waals surface area contributed by atoms with Gasteiger partial charge in [-0.1, -0.05) is 56.5 Å². The van der Waals surface area contributed by atoms with Crippen molar-refractivity contribution in [2.45, 2.75) is 58.9 Å². The van der Waals surface area contributed by atoms with Crippen molar-refractivity contribution >= 4 is 23.1 Å². The number of carbonyl (C=O) groups excluding carboxylic acids is 2. The Morgan fingerprint density at radius 3 is 2.05 bits per heavy atom. The number of hydrogen-bond acceptors (Lipinski definition) is 6. The number of aliphatic hydroxyl groups is 1. The lowest BCUT2D eigenvalue weighted by Gasteiger charge is -2.27. The van der Waals surface area contributed by atoms with Crippen LogP contribution in [0.3, 0.4) is 0 Å². The molecule has 8 heteroatoms. The predicted molar refractivity (Wildman–Crippen MR) is 144 cm³/mol. The third-order valence-electron chi connectivity index (χ3n) is 6.81. The summed E-state index contributed by atoms with van der Waals surface area (Å²) in [5, 5.41) is 22.2. The molecule has 0 bridgehead atoms. The summed E-state index contributed by atoms with van der Waals surface area (Å²) < 4.78 is 0. The highest BCUT2D eigenvalue weighted by atomic mass is 16.6. The van der Waals surface area contributed by atoms with Gasteiger partial charge >= 0.3 is 0 Å². The molecule has 3 rings (SSSR count). The molecule has 1 N–H and O–H groups in total. The third kappa shape index (κ3) is 6.83. The molecule has 1 heterocycles. The molecular weight excluding hydrogens is 470 g/mol. The first-order valence-corrected chi connectivity index (χ1v) is 13.1. The molecule has 2 aromatic rings. The van der Waals surface area contributed by atoms with E-state index in [-0.39, 0.29) is 22.6 Å². The highest BCUT2D eigenvalue weighted by molar-refractivity contribution is 6.46. The van der Waals surface area contributed by atoms with Crippen LogP contribution in [0.4, 0.5) is 5.69 Å². The minimum atomic E-state index is -0.741. The molecule has 1 aliphatic rings. The highest BCUT2D eigenvalue weighted by Crippen LogP contribution is 2.39. The molecule has 37 heavy (non-hydrogen) atoms. The van der Waals surface area contributed by atoms with E-state index in [4.69, 9.17) is 0 Å². The van der Waals surface area contributed by atoms with Crippen molar-refractivity contribution in [3.8, 4) is 0 Å². The molecule has 0 spiro atoms. The maximum absolute atomic E-state index is 13.2. The Morgan fingerprint density at radius 2 is 1.51 bits per heavy atom. The van der Waals surface area contributed by atoms with E-state index in [1.807, 2.05) is 31.2 Å². The molecule has 0 saturated carbocycles. The second-order valence-electron chi connectivity index (χ2n) is 9.61. The normalized spacial score (nSPS) is 17.1. The van der Waals surface area contributed by atoms with Crippen molar-refractivity contribution in [3.05, 3.63) is 80.9 Å². The molecule has 0 radical (unpaired) electrons. The maximum Gasteiger partial charge on any atom is 0.295 e. The number of hydrogen-bond donors (Lipinski definition) is 1. The van der Waals surface area contributed by atoms with Crippen LogP contribution in [0.1, 0.15) is 68.7 Å². The van der Waals surface area contributed by atoms with Crippen LogP contribution in [-0.2, 0) is 9.59 Å². The fourth-order valence-electron chi connectivity index (χ4n) is 4.67. The zero-order valence-electron chi connectivity index (χ0n) is 22.0. The van der Waals surface area contributed by atoms with Gasteiger partial charge in [0.25, 0.3) is 17.4 Å². The first kappa shape index (κ1) is 28.1. The van der Waals surface area contributed by atoms with Gasteiger partial charge in [-0.2, -0.15) is 0 Å². The van der Waals surface area contributed by atoms with Gasteiger partial charge in [0.05, 0.1) is 16.5 Å². The van der Waals surface area contributed by atoms with Crippen molar-refractivity contribution in [2.24, 2.45) is 0 Å². The van der Waals surface area contributed by atoms with Crippen LogP contribution in [0.5, 0.6) is 0 Å². The summed E-state index contributed by atoms with van der Waals surface area (Å²) in [5.74, 6) is -1.70. The van der Waals surface area contributed by atoms with Crippen LogP contribution in [0.2, 0.25) is 0 Å². The van der Waals surface area contributed by atoms with Gasteiger partial charge in [-0.05, 0) is 63.5 Å². The van der Waals surface area contributed by atoms with Crippen LogP contribution < -0.4 is 0 Å². The average Bonchev–Trinajstić information content (AvgIpc) is 3.15. The highest BCUT2D eigenvalue weighted by Gasteiger charge is 2.45. The molecule has 198 valence electrons. The van der Waals surface area contributed by atoms with Gasteiger partial charge in [0, 0.05) is 24.2 Å². The Bertz CT molecular complexity index is 1120. The molecular formula is C29H37N3O5. The second kappa shape index (κ2) is 13.1. The molecule has 1 aliphatic heterocycles. The number of aliphatic hydroxyl groups excluding tert-OH is 1. The quantitative estimate of drug-likeness (QED) is 0.124. The fourth-order valence-corrected chi connectivity index (χ4v) is 4.67. The number of non-ortho nitro benzene ring substituents is 1. The monoisotopic (exact) mass is 507 g/mol. The number of Topliss-reactive ketones (excluding diaryl/α,β-unsaturated/α-hetero) is 1. The van der Waals surface area contributed by atoms with Crippen molar-refractivity contribution < 1.29 is 19.6 Å². The second-order valence-corrected chi connectivity index (χ2v) is 9.61. The number of nitro groups is 1. The minimum absolute atomic E-state index is 0.0107. The average molecular weight is 508 g/mol. The Kier molecular flexibility index (Phi) is 9.97. The Morgan fingerprint density at radius 1 is 0.946 bits per heavy atom. The smallest absolute Gasteiger partial charge is 0.295 e. The lowest BCUT2D eigenvalue weighted by molar-refractivity contribution is -0.384. The molecule has 0 aliphatic carbocycles. The summed E-state index contributed by atoms with van der Waals surface area (Å²) in [5.41, 5.74) is 1.92. The van der Waals surface area contributed by atoms with E-state index < -0.39 is 22.7 Å². The van der Waals surface area contributed by atoms with Gasteiger partial charge < -0.3 is 14.9 Å². The van der Waals surface area contributed by atoms with Crippen LogP contribution in [0, 0.1) is 17.0 Å². The van der Waals surface area contributed by atoms with E-state index in [2.05, 4.69) is 18.7 Å². The molecule has 8 nitrogen and oxygen atoms in total. The first-order chi connectivity index (χ1) is 17.8. The summed E-state index contributed by atoms with van der Waals surface area (Å²) in [6, 6.07) is 12.2. The summed E-state index contributed by atoms with van der Waals surface area (Å²) >= 11 is 0. The van der Waals surface area contributed by atoms with E-state index in [9.17, 15) is 24.8 Å². The number of amides is 1. The van der Waals surface area contributed by atoms with E-state index >= 15 is 0 Å². The number of benzene rings is 2.